The van der Waals surface area contributed by atoms with Gasteiger partial charge in [-0.1, -0.05) is 13.0 Å². The Morgan fingerprint density at radius 2 is 1.86 bits per heavy atom. The summed E-state index contributed by atoms with van der Waals surface area (Å²) in [5.74, 6) is 0.411. The van der Waals surface area contributed by atoms with Crippen LogP contribution in [0.4, 0.5) is 0 Å². The molecule has 3 rings (SSSR count). The quantitative estimate of drug-likeness (QED) is 0.644. The highest BCUT2D eigenvalue weighted by Crippen LogP contribution is 2.45. The lowest BCUT2D eigenvalue weighted by molar-refractivity contribution is -0.146. The Bertz CT molecular complexity index is 889. The Hall–Kier alpha value is -3.22. The molecule has 0 aliphatic carbocycles. The third-order valence-electron chi connectivity index (χ3n) is 4.30. The summed E-state index contributed by atoms with van der Waals surface area (Å²) in [6.07, 6.45) is 0.732. The van der Waals surface area contributed by atoms with Gasteiger partial charge in [0.1, 0.15) is 6.61 Å². The largest absolute Gasteiger partial charge is 0.493 e. The molecule has 0 bridgehead atoms. The van der Waals surface area contributed by atoms with Crippen LogP contribution in [0.3, 0.4) is 0 Å². The number of methoxy groups -OCH3 is 2. The van der Waals surface area contributed by atoms with E-state index in [4.69, 9.17) is 23.7 Å². The third-order valence-corrected chi connectivity index (χ3v) is 4.30. The molecule has 1 aliphatic rings. The SMILES string of the molecule is CCCOC(=O)COc1c(-c2ccc3c(c2)COC3=O)ccc(OC)c1OC. The first kappa shape index (κ1) is 19.5. The zero-order valence-electron chi connectivity index (χ0n) is 16.1. The van der Waals surface area contributed by atoms with Crippen molar-refractivity contribution < 1.29 is 33.3 Å². The van der Waals surface area contributed by atoms with E-state index in [1.165, 1.54) is 14.2 Å². The minimum Gasteiger partial charge on any atom is -0.493 e. The predicted octanol–water partition coefficient (Wildman–Crippen LogP) is 3.37. The predicted molar refractivity (Wildman–Crippen MR) is 101 cm³/mol. The number of carbonyl (C=O) groups is 2. The summed E-state index contributed by atoms with van der Waals surface area (Å²) in [5, 5.41) is 0. The van der Waals surface area contributed by atoms with E-state index in [0.717, 1.165) is 17.5 Å². The van der Waals surface area contributed by atoms with Crippen LogP contribution in [-0.4, -0.2) is 39.4 Å². The molecule has 0 aromatic heterocycles. The van der Waals surface area contributed by atoms with Gasteiger partial charge in [0, 0.05) is 11.1 Å². The van der Waals surface area contributed by atoms with E-state index >= 15 is 0 Å². The summed E-state index contributed by atoms with van der Waals surface area (Å²) < 4.78 is 26.7. The summed E-state index contributed by atoms with van der Waals surface area (Å²) in [5.41, 5.74) is 2.85. The third kappa shape index (κ3) is 3.88. The second-order valence-corrected chi connectivity index (χ2v) is 6.13. The summed E-state index contributed by atoms with van der Waals surface area (Å²) in [6.45, 7) is 2.22. The van der Waals surface area contributed by atoms with E-state index in [0.29, 0.717) is 35.0 Å². The maximum absolute atomic E-state index is 11.9. The van der Waals surface area contributed by atoms with Gasteiger partial charge in [-0.25, -0.2) is 9.59 Å². The van der Waals surface area contributed by atoms with E-state index in [1.807, 2.05) is 19.1 Å². The van der Waals surface area contributed by atoms with Crippen LogP contribution in [0.25, 0.3) is 11.1 Å². The van der Waals surface area contributed by atoms with Crippen molar-refractivity contribution in [1.29, 1.82) is 0 Å². The highest BCUT2D eigenvalue weighted by Gasteiger charge is 2.24. The number of hydrogen-bond donors (Lipinski definition) is 0. The number of esters is 2. The normalized spacial score (nSPS) is 12.2. The summed E-state index contributed by atoms with van der Waals surface area (Å²) >= 11 is 0. The smallest absolute Gasteiger partial charge is 0.344 e. The number of cyclic esters (lactones) is 1. The van der Waals surface area contributed by atoms with Gasteiger partial charge in [-0.05, 0) is 36.2 Å². The van der Waals surface area contributed by atoms with Gasteiger partial charge in [-0.3, -0.25) is 0 Å². The van der Waals surface area contributed by atoms with Gasteiger partial charge in [-0.15, -0.1) is 0 Å². The van der Waals surface area contributed by atoms with Crippen LogP contribution in [0.2, 0.25) is 0 Å². The van der Waals surface area contributed by atoms with Crippen molar-refractivity contribution in [3.8, 4) is 28.4 Å². The summed E-state index contributed by atoms with van der Waals surface area (Å²) in [4.78, 5) is 23.6. The molecule has 0 saturated heterocycles. The number of fused-ring (bicyclic) bond motifs is 1. The second-order valence-electron chi connectivity index (χ2n) is 6.13. The molecule has 0 amide bonds. The van der Waals surface area contributed by atoms with Gasteiger partial charge in [0.25, 0.3) is 0 Å². The molecule has 2 aromatic rings. The van der Waals surface area contributed by atoms with E-state index in [2.05, 4.69) is 0 Å². The highest BCUT2D eigenvalue weighted by atomic mass is 16.6. The van der Waals surface area contributed by atoms with Gasteiger partial charge >= 0.3 is 11.9 Å². The summed E-state index contributed by atoms with van der Waals surface area (Å²) in [6, 6.07) is 8.95. The molecule has 1 heterocycles. The van der Waals surface area contributed by atoms with Crippen molar-refractivity contribution in [2.45, 2.75) is 20.0 Å². The lowest BCUT2D eigenvalue weighted by Crippen LogP contribution is -2.16. The Kier molecular flexibility index (Phi) is 6.03. The van der Waals surface area contributed by atoms with E-state index in [9.17, 15) is 9.59 Å². The maximum Gasteiger partial charge on any atom is 0.344 e. The van der Waals surface area contributed by atoms with Crippen LogP contribution < -0.4 is 14.2 Å². The lowest BCUT2D eigenvalue weighted by Gasteiger charge is -2.17. The first-order chi connectivity index (χ1) is 13.6. The van der Waals surface area contributed by atoms with Gasteiger partial charge in [0.05, 0.1) is 26.4 Å². The van der Waals surface area contributed by atoms with Gasteiger partial charge < -0.3 is 23.7 Å². The Morgan fingerprint density at radius 3 is 2.57 bits per heavy atom. The topological polar surface area (TPSA) is 80.3 Å². The average molecular weight is 386 g/mol. The van der Waals surface area contributed by atoms with Crippen molar-refractivity contribution in [3.63, 3.8) is 0 Å². The number of carbonyl (C=O) groups excluding carboxylic acids is 2. The van der Waals surface area contributed by atoms with Crippen molar-refractivity contribution in [1.82, 2.24) is 0 Å². The van der Waals surface area contributed by atoms with Gasteiger partial charge in [0.15, 0.2) is 18.1 Å². The standard InChI is InChI=1S/C21H22O7/c1-4-9-26-18(22)12-27-19-15(7-8-17(24-2)20(19)25-3)13-5-6-16-14(10-13)11-28-21(16)23/h5-8,10H,4,9,11-12H2,1-3H3. The molecule has 0 atom stereocenters. The molecular formula is C21H22O7. The number of ether oxygens (including phenoxy) is 5. The van der Waals surface area contributed by atoms with Gasteiger partial charge in [-0.2, -0.15) is 0 Å². The monoisotopic (exact) mass is 386 g/mol. The van der Waals surface area contributed by atoms with Crippen LogP contribution in [0.5, 0.6) is 17.2 Å². The maximum atomic E-state index is 11.9. The fourth-order valence-corrected chi connectivity index (χ4v) is 2.96. The van der Waals surface area contributed by atoms with Crippen molar-refractivity contribution in [2.24, 2.45) is 0 Å². The van der Waals surface area contributed by atoms with Crippen molar-refractivity contribution in [3.05, 3.63) is 41.5 Å². The Labute approximate surface area is 163 Å². The van der Waals surface area contributed by atoms with Crippen LogP contribution in [-0.2, 0) is 20.9 Å². The molecule has 2 aromatic carbocycles. The van der Waals surface area contributed by atoms with Crippen LogP contribution in [0.1, 0.15) is 29.3 Å². The number of rotatable bonds is 8. The molecule has 28 heavy (non-hydrogen) atoms. The van der Waals surface area contributed by atoms with E-state index < -0.39 is 5.97 Å². The lowest BCUT2D eigenvalue weighted by atomic mass is 9.99. The molecule has 0 unspecified atom stereocenters. The molecule has 0 N–H and O–H groups in total. The molecule has 0 radical (unpaired) electrons. The average Bonchev–Trinajstić information content (AvgIpc) is 3.09. The molecule has 0 saturated carbocycles. The fraction of sp³-hybridized carbons (Fsp3) is 0.333. The van der Waals surface area contributed by atoms with Crippen LogP contribution in [0.15, 0.2) is 30.3 Å². The molecule has 148 valence electrons. The first-order valence-corrected chi connectivity index (χ1v) is 8.92. The van der Waals surface area contributed by atoms with Crippen LogP contribution in [0, 0.1) is 0 Å². The molecular weight excluding hydrogens is 364 g/mol. The van der Waals surface area contributed by atoms with Gasteiger partial charge in [0.2, 0.25) is 5.75 Å². The number of benzene rings is 2. The Balaban J connectivity index is 1.98. The second kappa shape index (κ2) is 8.65. The highest BCUT2D eigenvalue weighted by molar-refractivity contribution is 5.94. The van der Waals surface area contributed by atoms with Crippen molar-refractivity contribution >= 4 is 11.9 Å². The molecule has 0 fully saturated rings. The minimum atomic E-state index is -0.467. The van der Waals surface area contributed by atoms with E-state index in [-0.39, 0.29) is 19.2 Å². The Morgan fingerprint density at radius 1 is 1.07 bits per heavy atom. The fourth-order valence-electron chi connectivity index (χ4n) is 2.96. The van der Waals surface area contributed by atoms with E-state index in [1.54, 1.807) is 18.2 Å². The molecule has 0 spiro atoms. The zero-order chi connectivity index (χ0) is 20.1. The zero-order valence-corrected chi connectivity index (χ0v) is 16.1. The first-order valence-electron chi connectivity index (χ1n) is 8.92. The molecule has 7 heteroatoms. The molecule has 1 aliphatic heterocycles. The summed E-state index contributed by atoms with van der Waals surface area (Å²) in [7, 11) is 3.02. The van der Waals surface area contributed by atoms with Crippen LogP contribution >= 0.6 is 0 Å². The minimum absolute atomic E-state index is 0.231. The molecule has 7 nitrogen and oxygen atoms in total. The van der Waals surface area contributed by atoms with Crippen molar-refractivity contribution in [2.75, 3.05) is 27.4 Å². The number of hydrogen-bond acceptors (Lipinski definition) is 7.